The molecule has 4 rings (SSSR count). The topological polar surface area (TPSA) is 0 Å². The summed E-state index contributed by atoms with van der Waals surface area (Å²) in [7, 11) is 0. The van der Waals surface area contributed by atoms with Gasteiger partial charge >= 0.3 is 0 Å². The lowest BCUT2D eigenvalue weighted by Crippen LogP contribution is -1.90. The Labute approximate surface area is 150 Å². The molecule has 1 heterocycles. The van der Waals surface area contributed by atoms with Crippen LogP contribution >= 0.6 is 35.3 Å². The van der Waals surface area contributed by atoms with Gasteiger partial charge in [0.1, 0.15) is 0 Å². The smallest absolute Gasteiger partial charge is 0.0273 e. The van der Waals surface area contributed by atoms with E-state index in [1.807, 2.05) is 35.3 Å². The maximum atomic E-state index is 2.34. The molecule has 0 aliphatic carbocycles. The van der Waals surface area contributed by atoms with E-state index in [4.69, 9.17) is 0 Å². The van der Waals surface area contributed by atoms with Crippen LogP contribution in [0.3, 0.4) is 0 Å². The lowest BCUT2D eigenvalue weighted by Gasteiger charge is -2.19. The first kappa shape index (κ1) is 15.3. The molecule has 0 spiro atoms. The standard InChI is InChI=1S/C20H16S3/c1-14-7-9-17-19(11-14)22-18-10-8-16(12-20(18)23-17)21-13-15-5-3-2-4-6-15/h2-12H,13H2,1H3. The second-order valence-corrected chi connectivity index (χ2v) is 8.75. The van der Waals surface area contributed by atoms with Crippen LogP contribution < -0.4 is 0 Å². The number of hydrogen-bond donors (Lipinski definition) is 0. The van der Waals surface area contributed by atoms with E-state index >= 15 is 0 Å². The average Bonchev–Trinajstić information content (AvgIpc) is 2.59. The van der Waals surface area contributed by atoms with Crippen molar-refractivity contribution in [1.82, 2.24) is 0 Å². The Hall–Kier alpha value is -1.29. The van der Waals surface area contributed by atoms with Gasteiger partial charge in [0.2, 0.25) is 0 Å². The van der Waals surface area contributed by atoms with Crippen molar-refractivity contribution >= 4 is 35.3 Å². The zero-order valence-corrected chi connectivity index (χ0v) is 15.2. The van der Waals surface area contributed by atoms with Gasteiger partial charge in [0, 0.05) is 30.2 Å². The molecular weight excluding hydrogens is 336 g/mol. The Bertz CT molecular complexity index is 841. The van der Waals surface area contributed by atoms with Crippen LogP contribution in [0.15, 0.2) is 91.2 Å². The van der Waals surface area contributed by atoms with Crippen LogP contribution in [0.25, 0.3) is 0 Å². The summed E-state index contributed by atoms with van der Waals surface area (Å²) in [6, 6.07) is 24.2. The molecule has 3 aromatic carbocycles. The van der Waals surface area contributed by atoms with E-state index in [0.717, 1.165) is 5.75 Å². The van der Waals surface area contributed by atoms with Gasteiger partial charge in [-0.3, -0.25) is 0 Å². The number of hydrogen-bond acceptors (Lipinski definition) is 3. The summed E-state index contributed by atoms with van der Waals surface area (Å²) >= 11 is 5.69. The minimum absolute atomic E-state index is 1.02. The number of thioether (sulfide) groups is 1. The van der Waals surface area contributed by atoms with Crippen LogP contribution in [0.4, 0.5) is 0 Å². The van der Waals surface area contributed by atoms with E-state index in [1.54, 1.807) is 0 Å². The minimum atomic E-state index is 1.02. The molecule has 3 aromatic rings. The second-order valence-electron chi connectivity index (χ2n) is 5.54. The first-order valence-electron chi connectivity index (χ1n) is 7.55. The maximum Gasteiger partial charge on any atom is 0.0273 e. The van der Waals surface area contributed by atoms with Gasteiger partial charge in [-0.25, -0.2) is 0 Å². The van der Waals surface area contributed by atoms with Gasteiger partial charge in [-0.15, -0.1) is 11.8 Å². The van der Waals surface area contributed by atoms with Gasteiger partial charge in [0.15, 0.2) is 0 Å². The Morgan fingerprint density at radius 3 is 2.22 bits per heavy atom. The van der Waals surface area contributed by atoms with Crippen LogP contribution in [0, 0.1) is 6.92 Å². The van der Waals surface area contributed by atoms with Crippen molar-refractivity contribution in [2.24, 2.45) is 0 Å². The highest BCUT2D eigenvalue weighted by Crippen LogP contribution is 2.49. The molecule has 114 valence electrons. The second kappa shape index (κ2) is 6.68. The van der Waals surface area contributed by atoms with Gasteiger partial charge in [-0.1, -0.05) is 59.9 Å². The molecule has 0 fully saturated rings. The summed E-state index contributed by atoms with van der Waals surface area (Å²) in [5.41, 5.74) is 2.70. The first-order chi connectivity index (χ1) is 11.3. The normalized spacial score (nSPS) is 12.6. The van der Waals surface area contributed by atoms with E-state index in [1.165, 1.54) is 35.6 Å². The summed E-state index contributed by atoms with van der Waals surface area (Å²) in [5, 5.41) is 0. The van der Waals surface area contributed by atoms with E-state index in [0.29, 0.717) is 0 Å². The highest BCUT2D eigenvalue weighted by atomic mass is 32.2. The maximum absolute atomic E-state index is 2.34. The SMILES string of the molecule is Cc1ccc2c(c1)Sc1ccc(SCc3ccccc3)cc1S2. The molecule has 0 aromatic heterocycles. The molecular formula is C20H16S3. The van der Waals surface area contributed by atoms with E-state index in [2.05, 4.69) is 73.7 Å². The van der Waals surface area contributed by atoms with Gasteiger partial charge in [0.05, 0.1) is 0 Å². The average molecular weight is 353 g/mol. The third-order valence-corrected chi connectivity index (χ3v) is 7.29. The van der Waals surface area contributed by atoms with Crippen LogP contribution in [-0.2, 0) is 5.75 Å². The molecule has 1 aliphatic heterocycles. The van der Waals surface area contributed by atoms with Gasteiger partial charge in [0.25, 0.3) is 0 Å². The van der Waals surface area contributed by atoms with Crippen LogP contribution in [-0.4, -0.2) is 0 Å². The third-order valence-electron chi connectivity index (χ3n) is 3.70. The number of benzene rings is 3. The molecule has 3 heteroatoms. The van der Waals surface area contributed by atoms with Crippen LogP contribution in [0.5, 0.6) is 0 Å². The molecule has 0 nitrogen and oxygen atoms in total. The summed E-state index contributed by atoms with van der Waals surface area (Å²) < 4.78 is 0. The van der Waals surface area contributed by atoms with Crippen molar-refractivity contribution < 1.29 is 0 Å². The zero-order chi connectivity index (χ0) is 15.6. The van der Waals surface area contributed by atoms with Crippen molar-refractivity contribution in [3.63, 3.8) is 0 Å². The fourth-order valence-electron chi connectivity index (χ4n) is 2.50. The van der Waals surface area contributed by atoms with E-state index in [-0.39, 0.29) is 0 Å². The summed E-state index contributed by atoms with van der Waals surface area (Å²) in [6.07, 6.45) is 0. The highest BCUT2D eigenvalue weighted by molar-refractivity contribution is 8.05. The van der Waals surface area contributed by atoms with Gasteiger partial charge in [-0.05, 0) is 48.4 Å². The van der Waals surface area contributed by atoms with Crippen molar-refractivity contribution in [2.75, 3.05) is 0 Å². The fraction of sp³-hybridized carbons (Fsp3) is 0.100. The number of rotatable bonds is 3. The lowest BCUT2D eigenvalue weighted by atomic mass is 10.2. The highest BCUT2D eigenvalue weighted by Gasteiger charge is 2.17. The molecule has 0 saturated heterocycles. The molecule has 0 amide bonds. The van der Waals surface area contributed by atoms with Gasteiger partial charge in [-0.2, -0.15) is 0 Å². The molecule has 0 atom stereocenters. The molecule has 0 bridgehead atoms. The quantitative estimate of drug-likeness (QED) is 0.368. The molecule has 23 heavy (non-hydrogen) atoms. The largest absolute Gasteiger partial charge is 0.121 e. The van der Waals surface area contributed by atoms with Crippen molar-refractivity contribution in [3.05, 3.63) is 77.9 Å². The Morgan fingerprint density at radius 2 is 1.43 bits per heavy atom. The minimum Gasteiger partial charge on any atom is -0.121 e. The van der Waals surface area contributed by atoms with Crippen molar-refractivity contribution in [2.45, 2.75) is 37.2 Å². The number of aryl methyl sites for hydroxylation is 1. The first-order valence-corrected chi connectivity index (χ1v) is 10.2. The lowest BCUT2D eigenvalue weighted by molar-refractivity contribution is 1.12. The predicted octanol–water partition coefficient (Wildman–Crippen LogP) is 6.90. The summed E-state index contributed by atoms with van der Waals surface area (Å²) in [6.45, 7) is 2.16. The molecule has 0 N–H and O–H groups in total. The van der Waals surface area contributed by atoms with E-state index in [9.17, 15) is 0 Å². The number of fused-ring (bicyclic) bond motifs is 2. The third kappa shape index (κ3) is 3.47. The monoisotopic (exact) mass is 352 g/mol. The molecule has 0 saturated carbocycles. The van der Waals surface area contributed by atoms with Gasteiger partial charge < -0.3 is 0 Å². The fourth-order valence-corrected chi connectivity index (χ4v) is 5.80. The van der Waals surface area contributed by atoms with E-state index < -0.39 is 0 Å². The Balaban J connectivity index is 1.53. The van der Waals surface area contributed by atoms with Crippen molar-refractivity contribution in [3.8, 4) is 0 Å². The zero-order valence-electron chi connectivity index (χ0n) is 12.8. The predicted molar refractivity (Wildman–Crippen MR) is 102 cm³/mol. The Morgan fingerprint density at radius 1 is 0.739 bits per heavy atom. The van der Waals surface area contributed by atoms with Crippen LogP contribution in [0.1, 0.15) is 11.1 Å². The molecule has 0 unspecified atom stereocenters. The summed E-state index contributed by atoms with van der Waals surface area (Å²) in [4.78, 5) is 6.85. The van der Waals surface area contributed by atoms with Crippen molar-refractivity contribution in [1.29, 1.82) is 0 Å². The Kier molecular flexibility index (Phi) is 4.43. The summed E-state index contributed by atoms with van der Waals surface area (Å²) in [5.74, 6) is 1.02. The molecule has 1 aliphatic rings. The van der Waals surface area contributed by atoms with Crippen LogP contribution in [0.2, 0.25) is 0 Å². The molecule has 0 radical (unpaired) electrons.